The zero-order chi connectivity index (χ0) is 38.7. The van der Waals surface area contributed by atoms with Gasteiger partial charge in [0.25, 0.3) is 0 Å². The van der Waals surface area contributed by atoms with Crippen molar-refractivity contribution < 1.29 is 23.5 Å². The number of aryl methyl sites for hydroxylation is 2. The second-order valence-electron chi connectivity index (χ2n) is 17.2. The van der Waals surface area contributed by atoms with Crippen LogP contribution in [0.25, 0.3) is 33.6 Å². The number of carbonyl (C=O) groups excluding carboxylic acids is 2. The molecule has 0 saturated carbocycles. The van der Waals surface area contributed by atoms with E-state index in [0.717, 1.165) is 94.7 Å². The van der Waals surface area contributed by atoms with Crippen LogP contribution in [0.1, 0.15) is 61.0 Å². The number of hydrogen-bond acceptors (Lipinski definition) is 8. The lowest BCUT2D eigenvalue weighted by Gasteiger charge is -2.61. The van der Waals surface area contributed by atoms with E-state index in [1.807, 2.05) is 40.1 Å². The Bertz CT molecular complexity index is 2150. The van der Waals surface area contributed by atoms with Gasteiger partial charge in [0.05, 0.1) is 30.6 Å². The summed E-state index contributed by atoms with van der Waals surface area (Å²) in [6.45, 7) is 10.5. The van der Waals surface area contributed by atoms with Crippen LogP contribution in [0.2, 0.25) is 5.02 Å². The van der Waals surface area contributed by atoms with Crippen molar-refractivity contribution in [2.24, 2.45) is 10.8 Å². The van der Waals surface area contributed by atoms with Gasteiger partial charge in [-0.1, -0.05) is 41.9 Å². The molecule has 290 valence electrons. The molecule has 2 aromatic carbocycles. The minimum absolute atomic E-state index is 0.144. The Morgan fingerprint density at radius 1 is 0.679 bits per heavy atom. The van der Waals surface area contributed by atoms with E-state index >= 15 is 4.39 Å². The number of hydrogen-bond donors (Lipinski definition) is 0. The summed E-state index contributed by atoms with van der Waals surface area (Å²) < 4.78 is 28.6. The molecule has 4 fully saturated rings. The number of carbonyl (C=O) groups is 2. The third-order valence-corrected chi connectivity index (χ3v) is 13.9. The van der Waals surface area contributed by atoms with Crippen molar-refractivity contribution in [2.45, 2.75) is 51.6 Å². The van der Waals surface area contributed by atoms with Crippen LogP contribution in [0.4, 0.5) is 4.39 Å². The van der Waals surface area contributed by atoms with Gasteiger partial charge in [0, 0.05) is 122 Å². The first-order valence-electron chi connectivity index (χ1n) is 19.7. The van der Waals surface area contributed by atoms with Gasteiger partial charge in [0.2, 0.25) is 23.6 Å². The molecule has 0 unspecified atom stereocenters. The molecule has 6 aliphatic rings. The zero-order valence-corrected chi connectivity index (χ0v) is 33.1. The molecule has 12 heteroatoms. The molecule has 4 aliphatic heterocycles. The van der Waals surface area contributed by atoms with Crippen LogP contribution < -0.4 is 9.47 Å². The number of likely N-dealkylation sites (tertiary alicyclic amines) is 4. The highest BCUT2D eigenvalue weighted by atomic mass is 35.5. The number of rotatable bonds is 7. The third-order valence-electron chi connectivity index (χ3n) is 13.5. The fraction of sp³-hybridized carbons (Fsp3) is 0.455. The molecule has 2 amide bonds. The van der Waals surface area contributed by atoms with E-state index in [1.54, 1.807) is 40.2 Å². The lowest BCUT2D eigenvalue weighted by Crippen LogP contribution is -2.72. The summed E-state index contributed by atoms with van der Waals surface area (Å²) in [5, 5.41) is 0.421. The molecule has 56 heavy (non-hydrogen) atoms. The lowest BCUT2D eigenvalue weighted by atomic mass is 9.72. The van der Waals surface area contributed by atoms with Crippen molar-refractivity contribution in [2.75, 3.05) is 66.6 Å². The van der Waals surface area contributed by atoms with Crippen LogP contribution in [-0.4, -0.2) is 108 Å². The highest BCUT2D eigenvalue weighted by molar-refractivity contribution is 6.36. The summed E-state index contributed by atoms with van der Waals surface area (Å²) >= 11 is 7.20. The second kappa shape index (κ2) is 13.0. The summed E-state index contributed by atoms with van der Waals surface area (Å²) in [6.07, 6.45) is 3.70. The maximum Gasteiger partial charge on any atom is 0.219 e. The quantitative estimate of drug-likeness (QED) is 0.208. The van der Waals surface area contributed by atoms with Crippen molar-refractivity contribution in [3.05, 3.63) is 81.6 Å². The second-order valence-corrected chi connectivity index (χ2v) is 17.6. The van der Waals surface area contributed by atoms with Crippen LogP contribution in [0.5, 0.6) is 11.8 Å². The predicted octanol–water partition coefficient (Wildman–Crippen LogP) is 6.59. The fourth-order valence-corrected chi connectivity index (χ4v) is 11.1. The van der Waals surface area contributed by atoms with E-state index in [9.17, 15) is 9.59 Å². The molecule has 0 radical (unpaired) electrons. The van der Waals surface area contributed by atoms with Crippen molar-refractivity contribution in [3.63, 3.8) is 0 Å². The SMILES string of the molecule is COc1nc(-c2cccc(-c3cccc(-c4cc5c(c(OC)n4)[C@@H](N4CC6(CN(C(C)=O)C6)C4)CC5)c3Cl)c2F)cc2c1[C@H](N1CC3(CN(C(C)=O)C3)C1)CC2. The van der Waals surface area contributed by atoms with E-state index in [-0.39, 0.29) is 34.7 Å². The van der Waals surface area contributed by atoms with E-state index in [4.69, 9.17) is 31.0 Å². The Hall–Kier alpha value is -4.58. The first-order chi connectivity index (χ1) is 27.0. The third kappa shape index (κ3) is 5.48. The first kappa shape index (κ1) is 35.8. The zero-order valence-electron chi connectivity index (χ0n) is 32.3. The topological polar surface area (TPSA) is 91.3 Å². The predicted molar refractivity (Wildman–Crippen MR) is 211 cm³/mol. The fourth-order valence-electron chi connectivity index (χ4n) is 10.8. The van der Waals surface area contributed by atoms with Crippen LogP contribution in [0.3, 0.4) is 0 Å². The van der Waals surface area contributed by atoms with Crippen molar-refractivity contribution in [3.8, 4) is 45.4 Å². The number of amides is 2. The van der Waals surface area contributed by atoms with Gasteiger partial charge in [-0.05, 0) is 55.0 Å². The van der Waals surface area contributed by atoms with E-state index in [1.165, 1.54) is 5.56 Å². The minimum atomic E-state index is -0.396. The van der Waals surface area contributed by atoms with E-state index < -0.39 is 5.82 Å². The summed E-state index contributed by atoms with van der Waals surface area (Å²) in [5.74, 6) is 1.04. The average Bonchev–Trinajstić information content (AvgIpc) is 3.73. The Morgan fingerprint density at radius 2 is 1.11 bits per heavy atom. The van der Waals surface area contributed by atoms with Crippen molar-refractivity contribution in [1.82, 2.24) is 29.6 Å². The Labute approximate surface area is 331 Å². The van der Waals surface area contributed by atoms with E-state index in [0.29, 0.717) is 50.4 Å². The number of ether oxygens (including phenoxy) is 2. The number of pyridine rings is 2. The maximum atomic E-state index is 16.8. The molecule has 6 heterocycles. The highest BCUT2D eigenvalue weighted by Gasteiger charge is 2.56. The average molecular weight is 777 g/mol. The lowest BCUT2D eigenvalue weighted by molar-refractivity contribution is -0.161. The van der Waals surface area contributed by atoms with Crippen LogP contribution >= 0.6 is 11.6 Å². The monoisotopic (exact) mass is 776 g/mol. The van der Waals surface area contributed by atoms with Gasteiger partial charge < -0.3 is 19.3 Å². The summed E-state index contributed by atoms with van der Waals surface area (Å²) in [5.41, 5.74) is 8.29. The number of nitrogens with zero attached hydrogens (tertiary/aromatic N) is 6. The van der Waals surface area contributed by atoms with Crippen LogP contribution in [-0.2, 0) is 22.4 Å². The highest BCUT2D eigenvalue weighted by Crippen LogP contribution is 2.52. The smallest absolute Gasteiger partial charge is 0.219 e. The molecule has 0 N–H and O–H groups in total. The van der Waals surface area contributed by atoms with Gasteiger partial charge in [0.1, 0.15) is 5.82 Å². The van der Waals surface area contributed by atoms with Gasteiger partial charge in [-0.15, -0.1) is 0 Å². The molecular formula is C44H46ClFN6O4. The van der Waals surface area contributed by atoms with Crippen LogP contribution in [0.15, 0.2) is 48.5 Å². The largest absolute Gasteiger partial charge is 0.481 e. The molecule has 2 aromatic heterocycles. The Morgan fingerprint density at radius 3 is 1.57 bits per heavy atom. The minimum Gasteiger partial charge on any atom is -0.481 e. The number of halogens is 2. The molecule has 0 bridgehead atoms. The standard InChI is InChI=1S/C44H46ClFN6O4/c1-25(53)49-17-43(18-49)21-51(22-43)35-13-11-27-15-33(47-41(55-3)37(27)35)31-9-5-7-29(39(31)45)30-8-6-10-32(40(30)46)34-16-28-12-14-36(38(28)42(48-34)56-4)52-23-44(24-52)19-50(20-44)26(2)54/h5-10,15-16,35-36H,11-14,17-24H2,1-4H3/t35-,36+/m0/s1. The summed E-state index contributed by atoms with van der Waals surface area (Å²) in [7, 11) is 3.30. The summed E-state index contributed by atoms with van der Waals surface area (Å²) in [4.78, 5) is 42.3. The molecule has 2 atom stereocenters. The van der Waals surface area contributed by atoms with Gasteiger partial charge >= 0.3 is 0 Å². The maximum absolute atomic E-state index is 16.8. The first-order valence-corrected chi connectivity index (χ1v) is 20.1. The normalized spacial score (nSPS) is 22.9. The van der Waals surface area contributed by atoms with Gasteiger partial charge in [-0.2, -0.15) is 0 Å². The number of aromatic nitrogens is 2. The van der Waals surface area contributed by atoms with Gasteiger partial charge in [-0.25, -0.2) is 14.4 Å². The molecule has 10 rings (SSSR count). The number of benzene rings is 2. The molecule has 10 nitrogen and oxygen atoms in total. The van der Waals surface area contributed by atoms with Crippen LogP contribution in [0, 0.1) is 16.6 Å². The number of fused-ring (bicyclic) bond motifs is 2. The molecule has 2 spiro atoms. The number of methoxy groups -OCH3 is 2. The van der Waals surface area contributed by atoms with E-state index in [2.05, 4.69) is 15.9 Å². The summed E-state index contributed by atoms with van der Waals surface area (Å²) in [6, 6.07) is 15.6. The molecule has 4 aromatic rings. The molecule has 2 aliphatic carbocycles. The Kier molecular flexibility index (Phi) is 8.30. The molecular weight excluding hydrogens is 731 g/mol. The molecule has 4 saturated heterocycles. The van der Waals surface area contributed by atoms with Crippen molar-refractivity contribution in [1.29, 1.82) is 0 Å². The van der Waals surface area contributed by atoms with Crippen molar-refractivity contribution >= 4 is 23.4 Å². The Balaban J connectivity index is 0.909. The van der Waals surface area contributed by atoms with Gasteiger partial charge in [0.15, 0.2) is 0 Å². The van der Waals surface area contributed by atoms with Gasteiger partial charge in [-0.3, -0.25) is 19.4 Å².